The molecule has 1 unspecified atom stereocenters. The van der Waals surface area contributed by atoms with Crippen molar-refractivity contribution in [3.8, 4) is 0 Å². The van der Waals surface area contributed by atoms with Gasteiger partial charge in [0.2, 0.25) is 0 Å². The molecule has 0 N–H and O–H groups in total. The number of rotatable bonds is 2. The Balaban J connectivity index is 0.000000203. The van der Waals surface area contributed by atoms with Crippen LogP contribution in [0.3, 0.4) is 0 Å². The fourth-order valence-electron chi connectivity index (χ4n) is 4.33. The molecule has 6 rings (SSSR count). The number of fused-ring (bicyclic) bond motifs is 3. The van der Waals surface area contributed by atoms with E-state index in [9.17, 15) is 0 Å². The predicted molar refractivity (Wildman–Crippen MR) is 158 cm³/mol. The van der Waals surface area contributed by atoms with Crippen LogP contribution in [0.4, 0.5) is 0 Å². The third-order valence-electron chi connectivity index (χ3n) is 6.44. The molecule has 1 atom stereocenters. The summed E-state index contributed by atoms with van der Waals surface area (Å²) in [7, 11) is 0. The first-order valence-corrected chi connectivity index (χ1v) is 13.6. The Bertz CT molecular complexity index is 1430. The fraction of sp³-hybridized carbons (Fsp3) is 0.167. The van der Waals surface area contributed by atoms with Crippen LogP contribution in [0, 0.1) is 17.4 Å². The summed E-state index contributed by atoms with van der Waals surface area (Å²) in [6.07, 6.45) is 7.65. The molecular weight excluding hydrogens is 551 g/mol. The van der Waals surface area contributed by atoms with Gasteiger partial charge in [0.1, 0.15) is 0 Å². The van der Waals surface area contributed by atoms with Gasteiger partial charge in [0, 0.05) is 0 Å². The Kier molecular flexibility index (Phi) is 12.8. The van der Waals surface area contributed by atoms with Gasteiger partial charge in [-0.25, -0.2) is 6.08 Å². The van der Waals surface area contributed by atoms with Crippen LogP contribution in [-0.2, 0) is 20.0 Å². The molecule has 1 aliphatic rings. The van der Waals surface area contributed by atoms with Gasteiger partial charge in [-0.2, -0.15) is 11.6 Å². The molecule has 0 radical (unpaired) electrons. The van der Waals surface area contributed by atoms with E-state index in [1.165, 1.54) is 42.1 Å². The second kappa shape index (κ2) is 15.3. The van der Waals surface area contributed by atoms with E-state index in [4.69, 9.17) is 0 Å². The zero-order valence-electron chi connectivity index (χ0n) is 23.0. The van der Waals surface area contributed by atoms with E-state index in [2.05, 4.69) is 169 Å². The third-order valence-corrected chi connectivity index (χ3v) is 7.35. The van der Waals surface area contributed by atoms with Crippen LogP contribution in [-0.4, -0.2) is 3.81 Å². The van der Waals surface area contributed by atoms with Crippen molar-refractivity contribution in [2.24, 2.45) is 11.3 Å². The van der Waals surface area contributed by atoms with E-state index in [0.29, 0.717) is 11.3 Å². The molecule has 0 saturated heterocycles. The smallest absolute Gasteiger partial charge is 0.0771 e. The first kappa shape index (κ1) is 32.6. The van der Waals surface area contributed by atoms with Crippen molar-refractivity contribution in [2.45, 2.75) is 27.7 Å². The largest absolute Gasteiger partial charge is 0.126 e. The van der Waals surface area contributed by atoms with E-state index < -0.39 is 0 Å². The van der Waals surface area contributed by atoms with E-state index in [1.807, 2.05) is 12.1 Å². The Morgan fingerprint density at radius 2 is 1.08 bits per heavy atom. The quantitative estimate of drug-likeness (QED) is 0.220. The Morgan fingerprint density at radius 3 is 1.44 bits per heavy atom. The van der Waals surface area contributed by atoms with Crippen molar-refractivity contribution in [2.75, 3.05) is 0 Å². The number of halogens is 2. The molecule has 0 fully saturated rings. The van der Waals surface area contributed by atoms with Crippen LogP contribution in [0.15, 0.2) is 133 Å². The topological polar surface area (TPSA) is 0 Å². The summed E-state index contributed by atoms with van der Waals surface area (Å²) in [5.41, 5.74) is 4.30. The van der Waals surface area contributed by atoms with Crippen LogP contribution in [0.25, 0.3) is 21.5 Å². The van der Waals surface area contributed by atoms with Crippen LogP contribution < -0.4 is 24.8 Å². The molecule has 0 heterocycles. The molecule has 0 aliphatic heterocycles. The molecule has 3 heteroatoms. The van der Waals surface area contributed by atoms with Gasteiger partial charge in [0.15, 0.2) is 0 Å². The number of benzene rings is 4. The Hall–Kier alpha value is -2.61. The minimum Gasteiger partial charge on any atom is -0.126 e. The van der Waals surface area contributed by atoms with E-state index in [-0.39, 0.29) is 24.8 Å². The molecule has 198 valence electrons. The summed E-state index contributed by atoms with van der Waals surface area (Å²) in [5.74, 6) is 0.522. The molecule has 5 aromatic rings. The van der Waals surface area contributed by atoms with E-state index in [0.717, 1.165) is 0 Å². The summed E-state index contributed by atoms with van der Waals surface area (Å²) in [6.45, 7) is 8.86. The van der Waals surface area contributed by atoms with Crippen molar-refractivity contribution in [1.29, 1.82) is 0 Å². The van der Waals surface area contributed by atoms with Crippen LogP contribution in [0.1, 0.15) is 38.8 Å². The minimum atomic E-state index is 0. The summed E-state index contributed by atoms with van der Waals surface area (Å²) in [4.78, 5) is 0. The average Bonchev–Trinajstić information content (AvgIpc) is 3.54. The maximum Gasteiger partial charge on any atom is -0.0771 e. The van der Waals surface area contributed by atoms with Crippen molar-refractivity contribution in [3.05, 3.63) is 150 Å². The monoisotopic (exact) mass is 584 g/mol. The van der Waals surface area contributed by atoms with Crippen molar-refractivity contribution < 1.29 is 44.8 Å². The van der Waals surface area contributed by atoms with Crippen molar-refractivity contribution in [3.63, 3.8) is 0 Å². The minimum absolute atomic E-state index is 0. The zero-order valence-corrected chi connectivity index (χ0v) is 26.0. The van der Waals surface area contributed by atoms with Gasteiger partial charge < -0.3 is 24.8 Å². The van der Waals surface area contributed by atoms with Gasteiger partial charge >= 0.3 is 95.6 Å². The second-order valence-electron chi connectivity index (χ2n) is 10.4. The molecule has 0 spiro atoms. The normalized spacial score (nSPS) is 13.7. The maximum atomic E-state index is 3.26. The molecule has 0 saturated carbocycles. The van der Waals surface area contributed by atoms with Gasteiger partial charge in [0.25, 0.3) is 0 Å². The summed E-state index contributed by atoms with van der Waals surface area (Å²) in [6, 6.07) is 40.2. The number of hydrogen-bond donors (Lipinski definition) is 0. The first-order chi connectivity index (χ1) is 17.8. The van der Waals surface area contributed by atoms with Crippen LogP contribution >= 0.6 is 0 Å². The standard InChI is InChI=1S/C13H9.C13H10.C10H15.2ClH.Ti/c1-3-7-12-10(5-1)9-11-6-2-4-8-13(11)12;1-3-7-12(8-4-1)11-13-9-5-2-6-10-13;1-8-5-6-9(7-8)10(2,3)4;;;/h1-9H;1-10H;6-8H,1-4H3;2*1H;/q-1;;-1;;;+2/p-2. The Morgan fingerprint density at radius 1 is 0.667 bits per heavy atom. The van der Waals surface area contributed by atoms with Crippen LogP contribution in [0.5, 0.6) is 0 Å². The number of hydrogen-bond acceptors (Lipinski definition) is 0. The molecule has 1 aliphatic carbocycles. The summed E-state index contributed by atoms with van der Waals surface area (Å²) in [5, 5.41) is 5.39. The van der Waals surface area contributed by atoms with Crippen LogP contribution in [0.2, 0.25) is 0 Å². The van der Waals surface area contributed by atoms with Gasteiger partial charge in [-0.05, 0) is 0 Å². The molecule has 5 aromatic carbocycles. The molecule has 0 amide bonds. The maximum absolute atomic E-state index is 3.26. The van der Waals surface area contributed by atoms with E-state index >= 15 is 0 Å². The molecule has 0 aromatic heterocycles. The fourth-order valence-corrected chi connectivity index (χ4v) is 4.85. The van der Waals surface area contributed by atoms with E-state index in [1.54, 1.807) is 0 Å². The summed E-state index contributed by atoms with van der Waals surface area (Å²) >= 11 is 2.16. The molecular formula is C36H34Cl2Ti-2. The third kappa shape index (κ3) is 8.95. The number of allylic oxidation sites excluding steroid dienone is 4. The van der Waals surface area contributed by atoms with Gasteiger partial charge in [0.05, 0.1) is 0 Å². The summed E-state index contributed by atoms with van der Waals surface area (Å²) < 4.78 is 1.33. The molecule has 0 nitrogen and oxygen atoms in total. The van der Waals surface area contributed by atoms with Gasteiger partial charge in [-0.3, -0.25) is 6.08 Å². The predicted octanol–water partition coefficient (Wildman–Crippen LogP) is 3.49. The van der Waals surface area contributed by atoms with Crippen molar-refractivity contribution >= 4 is 25.4 Å². The molecule has 0 bridgehead atoms. The van der Waals surface area contributed by atoms with Crippen molar-refractivity contribution in [1.82, 2.24) is 0 Å². The zero-order chi connectivity index (χ0) is 26.3. The average molecular weight is 585 g/mol. The molecule has 39 heavy (non-hydrogen) atoms. The first-order valence-electron chi connectivity index (χ1n) is 12.9. The van der Waals surface area contributed by atoms with Gasteiger partial charge in [-0.15, -0.1) is 39.7 Å². The SMILES string of the molecule is CC1[C-]=CC(C(C)(C)C)=C1.[Cl-].[Cl-].[Ti+2]=[C](c1ccccc1)c1ccccc1.c1ccc2c(c1)[cH-]c1ccccc12. The Labute approximate surface area is 257 Å². The van der Waals surface area contributed by atoms with Gasteiger partial charge in [-0.1, -0.05) is 75.4 Å². The second-order valence-corrected chi connectivity index (χ2v) is 11.2.